The predicted octanol–water partition coefficient (Wildman–Crippen LogP) is 15.2. The van der Waals surface area contributed by atoms with Crippen molar-refractivity contribution >= 4 is 43.9 Å². The molecule has 2 N–H and O–H groups in total. The lowest BCUT2D eigenvalue weighted by Crippen LogP contribution is -2.27. The van der Waals surface area contributed by atoms with Gasteiger partial charge >= 0.3 is 0 Å². The van der Waals surface area contributed by atoms with Crippen molar-refractivity contribution in [2.75, 3.05) is 26.4 Å². The summed E-state index contributed by atoms with van der Waals surface area (Å²) in [6.45, 7) is 17.3. The third-order valence-corrected chi connectivity index (χ3v) is 16.1. The van der Waals surface area contributed by atoms with Crippen LogP contribution < -0.4 is 0 Å². The van der Waals surface area contributed by atoms with E-state index < -0.39 is 34.5 Å². The first kappa shape index (κ1) is 52.9. The van der Waals surface area contributed by atoms with E-state index in [4.69, 9.17) is 28.3 Å². The van der Waals surface area contributed by atoms with Gasteiger partial charge in [0, 0.05) is 71.8 Å². The molecule has 2 aliphatic heterocycles. The van der Waals surface area contributed by atoms with Gasteiger partial charge in [-0.15, -0.1) is 0 Å². The third-order valence-electron chi connectivity index (χ3n) is 16.1. The minimum absolute atomic E-state index is 0.120. The minimum Gasteiger partial charge on any atom is -0.469 e. The van der Waals surface area contributed by atoms with Crippen LogP contribution in [0.15, 0.2) is 119 Å². The van der Waals surface area contributed by atoms with Crippen LogP contribution in [-0.2, 0) is 20.7 Å². The number of halogens is 4. The Kier molecular flexibility index (Phi) is 14.0. The van der Waals surface area contributed by atoms with Crippen LogP contribution in [0, 0.1) is 62.8 Å². The molecule has 0 aliphatic carbocycles. The summed E-state index contributed by atoms with van der Waals surface area (Å²) in [5, 5.41) is 23.6. The summed E-state index contributed by atoms with van der Waals surface area (Å²) >= 11 is 0. The molecular formula is C64H64F4N4O6. The van der Waals surface area contributed by atoms with Crippen LogP contribution in [0.25, 0.3) is 66.1 Å². The zero-order valence-electron chi connectivity index (χ0n) is 45.2. The quantitative estimate of drug-likeness (QED) is 0.130. The van der Waals surface area contributed by atoms with Crippen LogP contribution in [0.4, 0.5) is 17.6 Å². The van der Waals surface area contributed by atoms with Gasteiger partial charge in [-0.2, -0.15) is 0 Å². The van der Waals surface area contributed by atoms with Gasteiger partial charge in [0.1, 0.15) is 11.5 Å². The number of hydrogen-bond acceptors (Lipinski definition) is 8. The van der Waals surface area contributed by atoms with E-state index in [0.29, 0.717) is 37.6 Å². The van der Waals surface area contributed by atoms with E-state index in [9.17, 15) is 27.8 Å². The van der Waals surface area contributed by atoms with E-state index >= 15 is 0 Å². The Labute approximate surface area is 450 Å². The van der Waals surface area contributed by atoms with E-state index in [-0.39, 0.29) is 23.9 Å². The zero-order valence-corrected chi connectivity index (χ0v) is 45.2. The van der Waals surface area contributed by atoms with Gasteiger partial charge in [0.15, 0.2) is 23.3 Å². The van der Waals surface area contributed by atoms with Gasteiger partial charge in [0.2, 0.25) is 0 Å². The molecule has 2 unspecified atom stereocenters. The molecule has 2 aliphatic rings. The molecule has 4 aromatic carbocycles. The molecule has 2 saturated heterocycles. The van der Waals surface area contributed by atoms with E-state index in [1.165, 1.54) is 24.3 Å². The van der Waals surface area contributed by atoms with Crippen LogP contribution in [-0.4, -0.2) is 55.7 Å². The fraction of sp³-hybridized carbons (Fsp3) is 0.344. The molecule has 0 spiro atoms. The number of pyridine rings is 2. The first-order chi connectivity index (χ1) is 37.3. The maximum Gasteiger partial charge on any atom is 0.159 e. The molecule has 0 saturated carbocycles. The second-order valence-corrected chi connectivity index (χ2v) is 22.3. The fourth-order valence-electron chi connectivity index (χ4n) is 12.2. The maximum atomic E-state index is 14.7. The van der Waals surface area contributed by atoms with E-state index in [0.717, 1.165) is 126 Å². The Hall–Kier alpha value is -7.10. The lowest BCUT2D eigenvalue weighted by Gasteiger charge is -2.33. The molecule has 0 radical (unpaired) electrons. The molecule has 2 atom stereocenters. The normalized spacial score (nSPS) is 15.9. The number of ether oxygens (including phenoxy) is 2. The molecule has 6 aromatic heterocycles. The molecule has 14 heteroatoms. The first-order valence-electron chi connectivity index (χ1n) is 26.8. The monoisotopic (exact) mass is 1060 g/mol. The zero-order chi connectivity index (χ0) is 54.9. The van der Waals surface area contributed by atoms with E-state index in [2.05, 4.69) is 21.3 Å². The van der Waals surface area contributed by atoms with E-state index in [1.807, 2.05) is 76.5 Å². The topological polar surface area (TPSA) is 121 Å². The van der Waals surface area contributed by atoms with Gasteiger partial charge in [-0.05, 0) is 175 Å². The minimum atomic E-state index is -1.06. The average Bonchev–Trinajstić information content (AvgIpc) is 4.31. The number of aliphatic hydroxyl groups is 2. The molecule has 10 nitrogen and oxygen atoms in total. The standard InChI is InChI=1S/2C32H32F2N2O3/c2*1-18-17-39-19(2)29(18)22-14-28-30(35-16-22)24-7-6-23(32(3,4)37)15-27(24)36(28)31(20-9-11-38-12-10-20)21-5-8-25(33)26(34)13-21/h2*5-8,13-17,20,31,37H,9-12H2,1-4H3. The largest absolute Gasteiger partial charge is 0.469 e. The summed E-state index contributed by atoms with van der Waals surface area (Å²) in [4.78, 5) is 9.86. The summed E-state index contributed by atoms with van der Waals surface area (Å²) in [5.41, 5.74) is 11.8. The second-order valence-electron chi connectivity index (χ2n) is 22.3. The van der Waals surface area contributed by atoms with Crippen molar-refractivity contribution < 1.29 is 46.1 Å². The van der Waals surface area contributed by atoms with Crippen molar-refractivity contribution in [2.45, 2.75) is 104 Å². The van der Waals surface area contributed by atoms with Gasteiger partial charge < -0.3 is 37.7 Å². The third kappa shape index (κ3) is 9.71. The summed E-state index contributed by atoms with van der Waals surface area (Å²) in [6, 6.07) is 23.8. The fourth-order valence-corrected chi connectivity index (χ4v) is 12.2. The highest BCUT2D eigenvalue weighted by atomic mass is 19.2. The number of benzene rings is 4. The molecule has 0 amide bonds. The Morgan fingerprint density at radius 1 is 0.500 bits per heavy atom. The van der Waals surface area contributed by atoms with Crippen LogP contribution in [0.2, 0.25) is 0 Å². The van der Waals surface area contributed by atoms with Gasteiger partial charge in [-0.1, -0.05) is 36.4 Å². The summed E-state index contributed by atoms with van der Waals surface area (Å²) in [7, 11) is 0. The lowest BCUT2D eigenvalue weighted by atomic mass is 9.86. The molecule has 8 heterocycles. The van der Waals surface area contributed by atoms with Crippen molar-refractivity contribution in [2.24, 2.45) is 11.8 Å². The molecule has 2 fully saturated rings. The second kappa shape index (κ2) is 20.6. The van der Waals surface area contributed by atoms with Crippen molar-refractivity contribution in [3.05, 3.63) is 178 Å². The predicted molar refractivity (Wildman–Crippen MR) is 295 cm³/mol. The summed E-state index contributed by atoms with van der Waals surface area (Å²) in [6.07, 6.45) is 10.3. The van der Waals surface area contributed by atoms with Crippen LogP contribution in [0.3, 0.4) is 0 Å². The van der Waals surface area contributed by atoms with Crippen molar-refractivity contribution in [3.63, 3.8) is 0 Å². The number of aromatic nitrogens is 4. The molecule has 10 aromatic rings. The number of nitrogens with zero attached hydrogens (tertiary/aromatic N) is 4. The highest BCUT2D eigenvalue weighted by Gasteiger charge is 2.34. The van der Waals surface area contributed by atoms with Gasteiger partial charge in [-0.3, -0.25) is 9.97 Å². The van der Waals surface area contributed by atoms with Crippen LogP contribution >= 0.6 is 0 Å². The molecule has 0 bridgehead atoms. The highest BCUT2D eigenvalue weighted by molar-refractivity contribution is 6.08. The van der Waals surface area contributed by atoms with Crippen LogP contribution in [0.1, 0.15) is 110 Å². The number of furan rings is 2. The van der Waals surface area contributed by atoms with Crippen molar-refractivity contribution in [1.82, 2.24) is 19.1 Å². The van der Waals surface area contributed by atoms with Gasteiger partial charge in [0.25, 0.3) is 0 Å². The average molecular weight is 1060 g/mol. The molecular weight excluding hydrogens is 997 g/mol. The van der Waals surface area contributed by atoms with Gasteiger partial charge in [-0.25, -0.2) is 17.6 Å². The Morgan fingerprint density at radius 3 is 1.22 bits per heavy atom. The first-order valence-corrected chi connectivity index (χ1v) is 26.8. The number of aryl methyl sites for hydroxylation is 4. The number of hydrogen-bond donors (Lipinski definition) is 2. The Morgan fingerprint density at radius 2 is 0.885 bits per heavy atom. The molecule has 404 valence electrons. The van der Waals surface area contributed by atoms with Gasteiger partial charge in [0.05, 0.1) is 68.9 Å². The smallest absolute Gasteiger partial charge is 0.159 e. The Bertz CT molecular complexity index is 3590. The lowest BCUT2D eigenvalue weighted by molar-refractivity contribution is 0.0551. The summed E-state index contributed by atoms with van der Waals surface area (Å²) in [5.74, 6) is -1.62. The van der Waals surface area contributed by atoms with Crippen LogP contribution in [0.5, 0.6) is 0 Å². The number of rotatable bonds is 10. The Balaban J connectivity index is 0.000000165. The van der Waals surface area contributed by atoms with E-state index in [1.54, 1.807) is 52.4 Å². The SMILES string of the molecule is Cc1coc(C)c1-c1cnc2c3ccc(C(C)(C)O)cc3n(C(c3ccc(F)c(F)c3)C3CCOCC3)c2c1.Cc1coc(C)c1-c1cnc2c3ccc(C(C)(C)O)cc3n(C(c3ccc(F)c(F)c3)C3CCOCC3)c2c1. The highest BCUT2D eigenvalue weighted by Crippen LogP contribution is 2.45. The molecule has 12 rings (SSSR count). The van der Waals surface area contributed by atoms with Crippen molar-refractivity contribution in [1.29, 1.82) is 0 Å². The summed E-state index contributed by atoms with van der Waals surface area (Å²) < 4.78 is 84.6. The van der Waals surface area contributed by atoms with Crippen molar-refractivity contribution in [3.8, 4) is 22.3 Å². The maximum absolute atomic E-state index is 14.7. The number of fused-ring (bicyclic) bond motifs is 6. The molecule has 78 heavy (non-hydrogen) atoms.